The van der Waals surface area contributed by atoms with Crippen LogP contribution in [0.25, 0.3) is 10.8 Å². The fourth-order valence-corrected chi connectivity index (χ4v) is 7.71. The van der Waals surface area contributed by atoms with Crippen molar-refractivity contribution >= 4 is 53.8 Å². The highest BCUT2D eigenvalue weighted by molar-refractivity contribution is 7.91. The zero-order valence-electron chi connectivity index (χ0n) is 14.7. The van der Waals surface area contributed by atoms with E-state index in [4.69, 9.17) is 11.6 Å². The molecule has 0 radical (unpaired) electrons. The van der Waals surface area contributed by atoms with E-state index in [1.807, 2.05) is 24.3 Å². The summed E-state index contributed by atoms with van der Waals surface area (Å²) in [6.45, 7) is 0.413. The lowest BCUT2D eigenvalue weighted by molar-refractivity contribution is 0.273. The van der Waals surface area contributed by atoms with Gasteiger partial charge < -0.3 is 0 Å². The first kappa shape index (κ1) is 19.8. The Balaban J connectivity index is 1.53. The molecule has 1 aliphatic heterocycles. The van der Waals surface area contributed by atoms with Crippen molar-refractivity contribution < 1.29 is 16.8 Å². The van der Waals surface area contributed by atoms with E-state index >= 15 is 0 Å². The molecule has 148 valence electrons. The predicted octanol–water partition coefficient (Wildman–Crippen LogP) is 3.25. The number of nitrogens with zero attached hydrogens (tertiary/aromatic N) is 2. The summed E-state index contributed by atoms with van der Waals surface area (Å²) in [7, 11) is -7.35. The molecule has 28 heavy (non-hydrogen) atoms. The van der Waals surface area contributed by atoms with E-state index in [1.165, 1.54) is 14.7 Å². The number of halogens is 1. The Bertz CT molecular complexity index is 1230. The molecule has 0 unspecified atom stereocenters. The van der Waals surface area contributed by atoms with Crippen molar-refractivity contribution in [3.63, 3.8) is 0 Å². The van der Waals surface area contributed by atoms with E-state index in [2.05, 4.69) is 0 Å². The Morgan fingerprint density at radius 3 is 1.96 bits per heavy atom. The van der Waals surface area contributed by atoms with E-state index in [1.54, 1.807) is 24.3 Å². The second kappa shape index (κ2) is 7.40. The number of hydrogen-bond acceptors (Lipinski definition) is 5. The smallest absolute Gasteiger partial charge is 0.207 e. The van der Waals surface area contributed by atoms with Gasteiger partial charge in [-0.2, -0.15) is 8.61 Å². The molecule has 2 heterocycles. The van der Waals surface area contributed by atoms with Crippen molar-refractivity contribution in [1.82, 2.24) is 8.61 Å². The predicted molar refractivity (Wildman–Crippen MR) is 111 cm³/mol. The van der Waals surface area contributed by atoms with Crippen LogP contribution in [0.1, 0.15) is 0 Å². The first-order valence-corrected chi connectivity index (χ1v) is 12.6. The van der Waals surface area contributed by atoms with Crippen LogP contribution in [0.4, 0.5) is 0 Å². The van der Waals surface area contributed by atoms with Gasteiger partial charge in [0.25, 0.3) is 10.0 Å². The molecule has 0 spiro atoms. The molecule has 3 aromatic rings. The Labute approximate surface area is 173 Å². The maximum Gasteiger partial charge on any atom is 0.252 e. The quantitative estimate of drug-likeness (QED) is 0.604. The molecule has 0 amide bonds. The zero-order chi connectivity index (χ0) is 19.9. The Morgan fingerprint density at radius 1 is 0.750 bits per heavy atom. The number of piperazine rings is 1. The van der Waals surface area contributed by atoms with Crippen LogP contribution in [0.3, 0.4) is 0 Å². The molecule has 0 bridgehead atoms. The highest BCUT2D eigenvalue weighted by Crippen LogP contribution is 2.29. The number of fused-ring (bicyclic) bond motifs is 1. The Morgan fingerprint density at radius 2 is 1.36 bits per heavy atom. The SMILES string of the molecule is O=S(=O)(c1ccc2ccccc2c1)N1CCN(S(=O)(=O)c2ccc(Cl)s2)CC1. The van der Waals surface area contributed by atoms with Crippen LogP contribution < -0.4 is 0 Å². The van der Waals surface area contributed by atoms with Crippen molar-refractivity contribution in [3.05, 3.63) is 58.9 Å². The molecule has 2 aromatic carbocycles. The van der Waals surface area contributed by atoms with E-state index in [0.29, 0.717) is 4.34 Å². The lowest BCUT2D eigenvalue weighted by atomic mass is 10.1. The average molecular weight is 457 g/mol. The van der Waals surface area contributed by atoms with Crippen LogP contribution in [-0.4, -0.2) is 51.6 Å². The number of rotatable bonds is 4. The molecule has 1 aromatic heterocycles. The number of sulfonamides is 2. The van der Waals surface area contributed by atoms with Crippen LogP contribution >= 0.6 is 22.9 Å². The number of benzene rings is 2. The molecular weight excluding hydrogens is 440 g/mol. The summed E-state index contributed by atoms with van der Waals surface area (Å²) in [6, 6.07) is 15.6. The highest BCUT2D eigenvalue weighted by atomic mass is 35.5. The first-order valence-electron chi connectivity index (χ1n) is 8.53. The molecule has 0 saturated carbocycles. The van der Waals surface area contributed by atoms with Gasteiger partial charge in [0.2, 0.25) is 10.0 Å². The number of hydrogen-bond donors (Lipinski definition) is 0. The second-order valence-electron chi connectivity index (χ2n) is 6.38. The summed E-state index contributed by atoms with van der Waals surface area (Å²) in [4.78, 5) is 0.215. The highest BCUT2D eigenvalue weighted by Gasteiger charge is 2.34. The Kier molecular flexibility index (Phi) is 5.24. The Hall–Kier alpha value is -1.49. The van der Waals surface area contributed by atoms with E-state index in [9.17, 15) is 16.8 Å². The molecule has 6 nitrogen and oxygen atoms in total. The van der Waals surface area contributed by atoms with E-state index in [-0.39, 0.29) is 35.3 Å². The minimum Gasteiger partial charge on any atom is -0.207 e. The molecule has 10 heteroatoms. The first-order chi connectivity index (χ1) is 13.3. The summed E-state index contributed by atoms with van der Waals surface area (Å²) in [5, 5.41) is 1.81. The van der Waals surface area contributed by atoms with Crippen molar-refractivity contribution in [3.8, 4) is 0 Å². The normalized spacial score (nSPS) is 17.2. The maximum atomic E-state index is 13.0. The second-order valence-corrected chi connectivity index (χ2v) is 12.2. The van der Waals surface area contributed by atoms with Gasteiger partial charge in [0.05, 0.1) is 9.23 Å². The zero-order valence-corrected chi connectivity index (χ0v) is 17.9. The standard InChI is InChI=1S/C18H17ClN2O4S3/c19-17-7-8-18(26-17)28(24,25)21-11-9-20(10-12-21)27(22,23)16-6-5-14-3-1-2-4-15(14)13-16/h1-8,13H,9-12H2. The van der Waals surface area contributed by atoms with Crippen molar-refractivity contribution in [2.75, 3.05) is 26.2 Å². The lowest BCUT2D eigenvalue weighted by Gasteiger charge is -2.33. The molecule has 1 saturated heterocycles. The summed E-state index contributed by atoms with van der Waals surface area (Å²) < 4.78 is 54.6. The molecule has 0 atom stereocenters. The van der Waals surface area contributed by atoms with Crippen LogP contribution in [-0.2, 0) is 20.0 Å². The van der Waals surface area contributed by atoms with Crippen molar-refractivity contribution in [1.29, 1.82) is 0 Å². The van der Waals surface area contributed by atoms with Gasteiger partial charge in [-0.05, 0) is 35.0 Å². The van der Waals surface area contributed by atoms with Gasteiger partial charge >= 0.3 is 0 Å². The topological polar surface area (TPSA) is 74.8 Å². The van der Waals surface area contributed by atoms with Gasteiger partial charge in [-0.3, -0.25) is 0 Å². The summed E-state index contributed by atoms with van der Waals surface area (Å²) in [5.41, 5.74) is 0. The summed E-state index contributed by atoms with van der Waals surface area (Å²) in [6.07, 6.45) is 0. The summed E-state index contributed by atoms with van der Waals surface area (Å²) >= 11 is 6.84. The largest absolute Gasteiger partial charge is 0.252 e. The molecule has 0 aliphatic carbocycles. The van der Waals surface area contributed by atoms with Gasteiger partial charge in [-0.15, -0.1) is 11.3 Å². The molecule has 0 N–H and O–H groups in total. The van der Waals surface area contributed by atoms with Gasteiger partial charge in [0, 0.05) is 26.2 Å². The average Bonchev–Trinajstić information content (AvgIpc) is 3.15. The van der Waals surface area contributed by atoms with Crippen LogP contribution in [0.5, 0.6) is 0 Å². The monoisotopic (exact) mass is 456 g/mol. The third kappa shape index (κ3) is 3.58. The fraction of sp³-hybridized carbons (Fsp3) is 0.222. The maximum absolute atomic E-state index is 13.0. The lowest BCUT2D eigenvalue weighted by Crippen LogP contribution is -2.50. The van der Waals surface area contributed by atoms with Crippen molar-refractivity contribution in [2.24, 2.45) is 0 Å². The van der Waals surface area contributed by atoms with Crippen molar-refractivity contribution in [2.45, 2.75) is 9.10 Å². The molecular formula is C18H17ClN2O4S3. The molecule has 1 fully saturated rings. The van der Waals surface area contributed by atoms with Gasteiger partial charge in [0.1, 0.15) is 4.21 Å². The number of thiophene rings is 1. The fourth-order valence-electron chi connectivity index (χ4n) is 3.19. The van der Waals surface area contributed by atoms with Gasteiger partial charge in [-0.25, -0.2) is 16.8 Å². The van der Waals surface area contributed by atoms with Crippen LogP contribution in [0.2, 0.25) is 4.34 Å². The minimum absolute atomic E-state index is 0.102. The van der Waals surface area contributed by atoms with Gasteiger partial charge in [-0.1, -0.05) is 41.9 Å². The van der Waals surface area contributed by atoms with Gasteiger partial charge in [0.15, 0.2) is 0 Å². The van der Waals surface area contributed by atoms with E-state index in [0.717, 1.165) is 22.1 Å². The molecule has 4 rings (SSSR count). The van der Waals surface area contributed by atoms with Crippen LogP contribution in [0, 0.1) is 0 Å². The minimum atomic E-state index is -3.69. The van der Waals surface area contributed by atoms with Crippen LogP contribution in [0.15, 0.2) is 63.7 Å². The summed E-state index contributed by atoms with van der Waals surface area (Å²) in [5.74, 6) is 0. The third-order valence-corrected chi connectivity index (χ3v) is 10.2. The van der Waals surface area contributed by atoms with E-state index < -0.39 is 20.0 Å². The third-order valence-electron chi connectivity index (χ3n) is 4.70. The molecule has 1 aliphatic rings.